The average Bonchev–Trinajstić information content (AvgIpc) is 2.94. The maximum atomic E-state index is 11.1. The van der Waals surface area contributed by atoms with Gasteiger partial charge in [0.15, 0.2) is 17.6 Å². The zero-order valence-electron chi connectivity index (χ0n) is 21.0. The van der Waals surface area contributed by atoms with Gasteiger partial charge in [0.25, 0.3) is 0 Å². The van der Waals surface area contributed by atoms with Crippen LogP contribution >= 0.6 is 0 Å². The van der Waals surface area contributed by atoms with Crippen molar-refractivity contribution in [1.82, 2.24) is 0 Å². The number of ether oxygens (including phenoxy) is 5. The molecule has 0 aliphatic carbocycles. The summed E-state index contributed by atoms with van der Waals surface area (Å²) in [7, 11) is 2.83. The molecule has 7 unspecified atom stereocenters. The summed E-state index contributed by atoms with van der Waals surface area (Å²) in [6.07, 6.45) is -6.70. The molecule has 12 heteroatoms. The van der Waals surface area contributed by atoms with Gasteiger partial charge in [-0.25, -0.2) is 0 Å². The largest absolute Gasteiger partial charge is 0.497 e. The summed E-state index contributed by atoms with van der Waals surface area (Å²) in [5, 5.41) is 69.7. The molecule has 0 aromatic heterocycles. The van der Waals surface area contributed by atoms with Gasteiger partial charge in [0.2, 0.25) is 6.29 Å². The Morgan fingerprint density at radius 1 is 0.895 bits per heavy atom. The van der Waals surface area contributed by atoms with Crippen molar-refractivity contribution in [3.8, 4) is 23.0 Å². The zero-order valence-corrected chi connectivity index (χ0v) is 21.0. The Kier molecular flexibility index (Phi) is 10.7. The van der Waals surface area contributed by atoms with Crippen molar-refractivity contribution in [2.24, 2.45) is 0 Å². The summed E-state index contributed by atoms with van der Waals surface area (Å²) in [5.41, 5.74) is 0.969. The first-order chi connectivity index (χ1) is 18.3. The van der Waals surface area contributed by atoms with Crippen molar-refractivity contribution in [1.29, 1.82) is 0 Å². The summed E-state index contributed by atoms with van der Waals surface area (Å²) in [6, 6.07) is 9.32. The molecule has 0 bridgehead atoms. The van der Waals surface area contributed by atoms with E-state index < -0.39 is 56.1 Å². The summed E-state index contributed by atoms with van der Waals surface area (Å²) < 4.78 is 27.6. The van der Waals surface area contributed by atoms with Crippen LogP contribution in [0.1, 0.15) is 17.2 Å². The topological polar surface area (TPSA) is 188 Å². The fraction of sp³-hybridized carbons (Fsp3) is 0.462. The Balaban J connectivity index is 1.83. The van der Waals surface area contributed by atoms with E-state index in [1.54, 1.807) is 30.4 Å². The minimum absolute atomic E-state index is 0.0667. The first-order valence-corrected chi connectivity index (χ1v) is 11.8. The van der Waals surface area contributed by atoms with E-state index in [-0.39, 0.29) is 29.4 Å². The molecule has 3 rings (SSSR count). The fourth-order valence-electron chi connectivity index (χ4n) is 3.90. The van der Waals surface area contributed by atoms with Crippen LogP contribution in [0.2, 0.25) is 0 Å². The van der Waals surface area contributed by atoms with E-state index in [0.717, 1.165) is 5.56 Å². The molecule has 1 fully saturated rings. The van der Waals surface area contributed by atoms with Crippen molar-refractivity contribution < 1.29 is 59.4 Å². The van der Waals surface area contributed by atoms with Gasteiger partial charge in [0, 0.05) is 6.07 Å². The number of benzene rings is 2. The van der Waals surface area contributed by atoms with Crippen LogP contribution in [-0.2, 0) is 4.74 Å². The highest BCUT2D eigenvalue weighted by Crippen LogP contribution is 2.34. The van der Waals surface area contributed by atoms with Crippen LogP contribution in [0, 0.1) is 0 Å². The molecule has 38 heavy (non-hydrogen) atoms. The number of rotatable bonds is 12. The number of aliphatic hydroxyl groups excluding tert-OH is 7. The molecule has 1 heterocycles. The highest BCUT2D eigenvalue weighted by molar-refractivity contribution is 5.56. The van der Waals surface area contributed by atoms with Gasteiger partial charge < -0.3 is 59.4 Å². The molecule has 0 amide bonds. The molecule has 0 spiro atoms. The van der Waals surface area contributed by atoms with Gasteiger partial charge >= 0.3 is 0 Å². The van der Waals surface area contributed by atoms with Gasteiger partial charge in [-0.05, 0) is 35.4 Å². The van der Waals surface area contributed by atoms with E-state index in [4.69, 9.17) is 28.8 Å². The predicted molar refractivity (Wildman–Crippen MR) is 133 cm³/mol. The highest BCUT2D eigenvalue weighted by atomic mass is 16.7. The summed E-state index contributed by atoms with van der Waals surface area (Å²) in [5.74, 6) is 0.924. The van der Waals surface area contributed by atoms with Crippen LogP contribution in [-0.4, -0.2) is 107 Å². The van der Waals surface area contributed by atoms with Crippen LogP contribution < -0.4 is 18.9 Å². The quantitative estimate of drug-likeness (QED) is 0.181. The van der Waals surface area contributed by atoms with Crippen molar-refractivity contribution in [2.75, 3.05) is 34.0 Å². The monoisotopic (exact) mass is 538 g/mol. The third-order valence-corrected chi connectivity index (χ3v) is 5.99. The number of hydrogen-bond donors (Lipinski definition) is 7. The lowest BCUT2D eigenvalue weighted by atomic mass is 9.99. The SMILES string of the molecule is COc1cc(OC2OC(CO)C(O)C(O)C2O)cc(C(O)C(CO)Oc2ccc(C=CCO)cc2OC)c1. The van der Waals surface area contributed by atoms with Crippen molar-refractivity contribution in [3.63, 3.8) is 0 Å². The molecule has 12 nitrogen and oxygen atoms in total. The maximum Gasteiger partial charge on any atom is 0.229 e. The van der Waals surface area contributed by atoms with E-state index in [9.17, 15) is 30.6 Å². The average molecular weight is 539 g/mol. The lowest BCUT2D eigenvalue weighted by Crippen LogP contribution is -2.60. The Morgan fingerprint density at radius 2 is 1.63 bits per heavy atom. The van der Waals surface area contributed by atoms with Crippen molar-refractivity contribution >= 4 is 6.08 Å². The third kappa shape index (κ3) is 6.92. The van der Waals surface area contributed by atoms with E-state index in [2.05, 4.69) is 0 Å². The predicted octanol–water partition coefficient (Wildman–Crippen LogP) is -0.639. The molecule has 1 saturated heterocycles. The van der Waals surface area contributed by atoms with E-state index in [1.165, 1.54) is 32.4 Å². The number of hydrogen-bond acceptors (Lipinski definition) is 12. The molecule has 0 radical (unpaired) electrons. The molecule has 1 aliphatic rings. The second-order valence-electron chi connectivity index (χ2n) is 8.54. The normalized spacial score (nSPS) is 25.1. The van der Waals surface area contributed by atoms with Crippen LogP contribution in [0.25, 0.3) is 6.08 Å². The smallest absolute Gasteiger partial charge is 0.229 e. The van der Waals surface area contributed by atoms with Crippen LogP contribution in [0.5, 0.6) is 23.0 Å². The molecule has 1 aliphatic heterocycles. The second kappa shape index (κ2) is 13.7. The third-order valence-electron chi connectivity index (χ3n) is 5.99. The molecule has 2 aromatic rings. The van der Waals surface area contributed by atoms with Crippen LogP contribution in [0.15, 0.2) is 42.5 Å². The zero-order chi connectivity index (χ0) is 27.8. The summed E-state index contributed by atoms with van der Waals surface area (Å²) in [6.45, 7) is -1.32. The minimum atomic E-state index is -1.64. The maximum absolute atomic E-state index is 11.1. The van der Waals surface area contributed by atoms with Crippen LogP contribution in [0.4, 0.5) is 0 Å². The molecular weight excluding hydrogens is 504 g/mol. The number of aliphatic hydroxyl groups is 7. The molecule has 7 atom stereocenters. The van der Waals surface area contributed by atoms with Gasteiger partial charge in [-0.2, -0.15) is 0 Å². The highest BCUT2D eigenvalue weighted by Gasteiger charge is 2.44. The van der Waals surface area contributed by atoms with Crippen molar-refractivity contribution in [2.45, 2.75) is 42.9 Å². The molecule has 7 N–H and O–H groups in total. The minimum Gasteiger partial charge on any atom is -0.497 e. The number of methoxy groups -OCH3 is 2. The van der Waals surface area contributed by atoms with Gasteiger partial charge in [-0.3, -0.25) is 0 Å². The first kappa shape index (κ1) is 29.6. The summed E-state index contributed by atoms with van der Waals surface area (Å²) in [4.78, 5) is 0. The lowest BCUT2D eigenvalue weighted by Gasteiger charge is -2.39. The Labute approximate surface area is 219 Å². The van der Waals surface area contributed by atoms with Crippen molar-refractivity contribution in [3.05, 3.63) is 53.6 Å². The fourth-order valence-corrected chi connectivity index (χ4v) is 3.90. The summed E-state index contributed by atoms with van der Waals surface area (Å²) >= 11 is 0. The van der Waals surface area contributed by atoms with Gasteiger partial charge in [0.1, 0.15) is 42.0 Å². The van der Waals surface area contributed by atoms with Gasteiger partial charge in [-0.15, -0.1) is 0 Å². The lowest BCUT2D eigenvalue weighted by molar-refractivity contribution is -0.277. The van der Waals surface area contributed by atoms with E-state index >= 15 is 0 Å². The van der Waals surface area contributed by atoms with E-state index in [1.807, 2.05) is 0 Å². The molecule has 0 saturated carbocycles. The van der Waals surface area contributed by atoms with Gasteiger partial charge in [-0.1, -0.05) is 18.2 Å². The van der Waals surface area contributed by atoms with E-state index in [0.29, 0.717) is 5.75 Å². The van der Waals surface area contributed by atoms with Crippen LogP contribution in [0.3, 0.4) is 0 Å². The molecule has 210 valence electrons. The standard InChI is InChI=1S/C26H34O12/c1-34-16-9-15(10-17(11-16)36-26-25(33)24(32)23(31)21(13-29)38-26)22(30)20(12-28)37-18-6-5-14(4-3-7-27)8-19(18)35-2/h3-6,8-11,20-33H,7,12-13H2,1-2H3. The second-order valence-corrected chi connectivity index (χ2v) is 8.54. The Hall–Kier alpha value is -2.94. The first-order valence-electron chi connectivity index (χ1n) is 11.8. The Morgan fingerprint density at radius 3 is 2.26 bits per heavy atom. The Bertz CT molecular complexity index is 1060. The molecular formula is C26H34O12. The van der Waals surface area contributed by atoms with Gasteiger partial charge in [0.05, 0.1) is 34.0 Å². The molecule has 2 aromatic carbocycles.